The van der Waals surface area contributed by atoms with Gasteiger partial charge in [0.25, 0.3) is 11.8 Å². The molecular formula is C23H25FN2O5. The second-order valence-electron chi connectivity index (χ2n) is 7.93. The van der Waals surface area contributed by atoms with Crippen LogP contribution in [0.1, 0.15) is 42.6 Å². The van der Waals surface area contributed by atoms with Crippen LogP contribution < -0.4 is 14.8 Å². The average molecular weight is 428 g/mol. The first kappa shape index (κ1) is 21.1. The number of nitrogens with one attached hydrogen (secondary N) is 1. The summed E-state index contributed by atoms with van der Waals surface area (Å²) in [5.41, 5.74) is 1.27. The Morgan fingerprint density at radius 2 is 1.97 bits per heavy atom. The molecule has 2 aliphatic heterocycles. The predicted molar refractivity (Wildman–Crippen MR) is 112 cm³/mol. The molecule has 2 heterocycles. The van der Waals surface area contributed by atoms with Crippen molar-refractivity contribution in [2.75, 3.05) is 18.7 Å². The number of ether oxygens (including phenoxy) is 3. The molecule has 1 fully saturated rings. The van der Waals surface area contributed by atoms with Crippen molar-refractivity contribution in [2.45, 2.75) is 45.4 Å². The molecule has 1 atom stereocenters. The van der Waals surface area contributed by atoms with Crippen molar-refractivity contribution in [3.63, 3.8) is 0 Å². The van der Waals surface area contributed by atoms with Crippen LogP contribution in [-0.4, -0.2) is 42.3 Å². The maximum absolute atomic E-state index is 14.3. The summed E-state index contributed by atoms with van der Waals surface area (Å²) in [5, 5.41) is 2.66. The minimum absolute atomic E-state index is 0.133. The van der Waals surface area contributed by atoms with E-state index in [9.17, 15) is 14.0 Å². The molecule has 1 N–H and O–H groups in total. The van der Waals surface area contributed by atoms with Gasteiger partial charge in [-0.2, -0.15) is 0 Å². The van der Waals surface area contributed by atoms with Gasteiger partial charge in [0.2, 0.25) is 6.79 Å². The number of nitrogens with zero attached hydrogens (tertiary/aromatic N) is 1. The van der Waals surface area contributed by atoms with Crippen molar-refractivity contribution >= 4 is 17.5 Å². The summed E-state index contributed by atoms with van der Waals surface area (Å²) in [6, 6.07) is 9.25. The van der Waals surface area contributed by atoms with Crippen LogP contribution in [0.3, 0.4) is 0 Å². The number of carbonyl (C=O) groups excluding carboxylic acids is 2. The van der Waals surface area contributed by atoms with Crippen LogP contribution in [0.15, 0.2) is 36.4 Å². The van der Waals surface area contributed by atoms with Gasteiger partial charge >= 0.3 is 0 Å². The topological polar surface area (TPSA) is 77.1 Å². The maximum Gasteiger partial charge on any atom is 0.254 e. The summed E-state index contributed by atoms with van der Waals surface area (Å²) in [7, 11) is 0. The van der Waals surface area contributed by atoms with Gasteiger partial charge < -0.3 is 24.4 Å². The quantitative estimate of drug-likeness (QED) is 0.759. The number of fused-ring (bicyclic) bond motifs is 1. The van der Waals surface area contributed by atoms with Gasteiger partial charge in [0.1, 0.15) is 11.9 Å². The summed E-state index contributed by atoms with van der Waals surface area (Å²) in [6.45, 7) is 4.82. The zero-order chi connectivity index (χ0) is 22.0. The fourth-order valence-corrected chi connectivity index (χ4v) is 3.68. The van der Waals surface area contributed by atoms with Crippen molar-refractivity contribution in [3.8, 4) is 11.5 Å². The SMILES string of the molecule is CC(C)N(Cc1ccc2c(c1)OCO2)C(=O)c1cc(F)cc(NC(=O)[C@@H]2CCCO2)c1. The number of benzene rings is 2. The minimum atomic E-state index is -0.597. The summed E-state index contributed by atoms with van der Waals surface area (Å²) < 4.78 is 30.4. The van der Waals surface area contributed by atoms with E-state index in [0.29, 0.717) is 31.1 Å². The van der Waals surface area contributed by atoms with Crippen molar-refractivity contribution in [1.82, 2.24) is 4.90 Å². The molecule has 164 valence electrons. The lowest BCUT2D eigenvalue weighted by Crippen LogP contribution is -2.36. The van der Waals surface area contributed by atoms with E-state index in [1.165, 1.54) is 18.2 Å². The Bertz CT molecular complexity index is 988. The van der Waals surface area contributed by atoms with E-state index in [0.717, 1.165) is 12.0 Å². The molecule has 2 aromatic rings. The second-order valence-corrected chi connectivity index (χ2v) is 7.93. The Hall–Kier alpha value is -3.13. The van der Waals surface area contributed by atoms with Gasteiger partial charge in [0.05, 0.1) is 0 Å². The molecule has 0 unspecified atom stereocenters. The minimum Gasteiger partial charge on any atom is -0.454 e. The summed E-state index contributed by atoms with van der Waals surface area (Å²) >= 11 is 0. The van der Waals surface area contributed by atoms with Gasteiger partial charge in [0.15, 0.2) is 11.5 Å². The van der Waals surface area contributed by atoms with Crippen LogP contribution in [0, 0.1) is 5.82 Å². The Labute approximate surface area is 180 Å². The highest BCUT2D eigenvalue weighted by Crippen LogP contribution is 2.33. The van der Waals surface area contributed by atoms with Gasteiger partial charge in [-0.3, -0.25) is 9.59 Å². The van der Waals surface area contributed by atoms with Crippen LogP contribution in [0.2, 0.25) is 0 Å². The third kappa shape index (κ3) is 4.80. The number of amides is 2. The lowest BCUT2D eigenvalue weighted by molar-refractivity contribution is -0.124. The molecule has 0 aromatic heterocycles. The van der Waals surface area contributed by atoms with E-state index in [1.54, 1.807) is 4.90 Å². The summed E-state index contributed by atoms with van der Waals surface area (Å²) in [6.07, 6.45) is 0.901. The Morgan fingerprint density at radius 1 is 1.16 bits per heavy atom. The van der Waals surface area contributed by atoms with E-state index < -0.39 is 11.9 Å². The number of rotatable bonds is 6. The lowest BCUT2D eigenvalue weighted by atomic mass is 10.1. The normalized spacial score (nSPS) is 17.1. The highest BCUT2D eigenvalue weighted by Gasteiger charge is 2.25. The van der Waals surface area contributed by atoms with E-state index in [1.807, 2.05) is 32.0 Å². The third-order valence-corrected chi connectivity index (χ3v) is 5.31. The van der Waals surface area contributed by atoms with E-state index in [4.69, 9.17) is 14.2 Å². The first-order chi connectivity index (χ1) is 14.9. The monoisotopic (exact) mass is 428 g/mol. The first-order valence-electron chi connectivity index (χ1n) is 10.3. The molecule has 1 saturated heterocycles. The first-order valence-corrected chi connectivity index (χ1v) is 10.3. The molecule has 8 heteroatoms. The van der Waals surface area contributed by atoms with Crippen LogP contribution >= 0.6 is 0 Å². The van der Waals surface area contributed by atoms with Crippen LogP contribution in [0.4, 0.5) is 10.1 Å². The predicted octanol–water partition coefficient (Wildman–Crippen LogP) is 3.72. The maximum atomic E-state index is 14.3. The van der Waals surface area contributed by atoms with Crippen molar-refractivity contribution in [2.24, 2.45) is 0 Å². The van der Waals surface area contributed by atoms with Gasteiger partial charge in [-0.05, 0) is 62.6 Å². The molecule has 4 rings (SSSR count). The lowest BCUT2D eigenvalue weighted by Gasteiger charge is -2.27. The van der Waals surface area contributed by atoms with Crippen molar-refractivity contribution in [3.05, 3.63) is 53.3 Å². The summed E-state index contributed by atoms with van der Waals surface area (Å²) in [5.74, 6) is 0.0455. The average Bonchev–Trinajstić information content (AvgIpc) is 3.42. The van der Waals surface area contributed by atoms with Crippen LogP contribution in [0.5, 0.6) is 11.5 Å². The number of halogens is 1. The standard InChI is InChI=1S/C23H25FN2O5/c1-14(2)26(12-15-5-6-19-21(8-15)31-13-30-19)23(28)16-9-17(24)11-18(10-16)25-22(27)20-4-3-7-29-20/h5-6,8-11,14,20H,3-4,7,12-13H2,1-2H3,(H,25,27)/t20-/m0/s1. The van der Waals surface area contributed by atoms with E-state index in [-0.39, 0.29) is 35.9 Å². The zero-order valence-corrected chi connectivity index (χ0v) is 17.5. The molecule has 31 heavy (non-hydrogen) atoms. The molecule has 0 radical (unpaired) electrons. The van der Waals surface area contributed by atoms with Gasteiger partial charge in [-0.25, -0.2) is 4.39 Å². The largest absolute Gasteiger partial charge is 0.454 e. The Morgan fingerprint density at radius 3 is 2.71 bits per heavy atom. The molecule has 0 bridgehead atoms. The van der Waals surface area contributed by atoms with E-state index >= 15 is 0 Å². The smallest absolute Gasteiger partial charge is 0.254 e. The van der Waals surface area contributed by atoms with Crippen molar-refractivity contribution < 1.29 is 28.2 Å². The van der Waals surface area contributed by atoms with Gasteiger partial charge in [0, 0.05) is 30.4 Å². The molecule has 2 amide bonds. The molecule has 0 spiro atoms. The molecule has 7 nitrogen and oxygen atoms in total. The third-order valence-electron chi connectivity index (χ3n) is 5.31. The summed E-state index contributed by atoms with van der Waals surface area (Å²) in [4.78, 5) is 27.2. The van der Waals surface area contributed by atoms with Gasteiger partial charge in [-0.15, -0.1) is 0 Å². The zero-order valence-electron chi connectivity index (χ0n) is 17.5. The van der Waals surface area contributed by atoms with Crippen LogP contribution in [-0.2, 0) is 16.1 Å². The number of carbonyl (C=O) groups is 2. The molecule has 2 aliphatic rings. The molecule has 0 aliphatic carbocycles. The number of hydrogen-bond donors (Lipinski definition) is 1. The molecular weight excluding hydrogens is 403 g/mol. The van der Waals surface area contributed by atoms with Gasteiger partial charge in [-0.1, -0.05) is 6.07 Å². The van der Waals surface area contributed by atoms with Crippen molar-refractivity contribution in [1.29, 1.82) is 0 Å². The van der Waals surface area contributed by atoms with E-state index in [2.05, 4.69) is 5.32 Å². The number of hydrogen-bond acceptors (Lipinski definition) is 5. The highest BCUT2D eigenvalue weighted by molar-refractivity contribution is 5.98. The molecule has 2 aromatic carbocycles. The highest BCUT2D eigenvalue weighted by atomic mass is 19.1. The second kappa shape index (κ2) is 8.93. The fourth-order valence-electron chi connectivity index (χ4n) is 3.68. The Kier molecular flexibility index (Phi) is 6.08. The fraction of sp³-hybridized carbons (Fsp3) is 0.391. The van der Waals surface area contributed by atoms with Crippen LogP contribution in [0.25, 0.3) is 0 Å². The molecule has 0 saturated carbocycles. The number of anilines is 1. The Balaban J connectivity index is 1.52.